The molecule has 1 unspecified atom stereocenters. The number of hydrogen-bond donors (Lipinski definition) is 2. The van der Waals surface area contributed by atoms with Crippen molar-refractivity contribution in [3.05, 3.63) is 0 Å². The number of piperidine rings is 1. The molecule has 1 aliphatic heterocycles. The fourth-order valence-corrected chi connectivity index (χ4v) is 2.37. The zero-order valence-corrected chi connectivity index (χ0v) is 9.96. The molecule has 1 fully saturated rings. The molecule has 4 nitrogen and oxygen atoms in total. The van der Waals surface area contributed by atoms with Crippen LogP contribution in [0.15, 0.2) is 0 Å². The van der Waals surface area contributed by atoms with E-state index < -0.39 is 0 Å². The minimum atomic E-state index is -0.172. The maximum atomic E-state index is 11.3. The van der Waals surface area contributed by atoms with E-state index in [4.69, 9.17) is 5.26 Å². The summed E-state index contributed by atoms with van der Waals surface area (Å²) in [5, 5.41) is 15.1. The first-order chi connectivity index (χ1) is 7.76. The molecule has 0 aromatic carbocycles. The van der Waals surface area contributed by atoms with E-state index in [1.165, 1.54) is 0 Å². The molecule has 1 heterocycles. The monoisotopic (exact) mass is 223 g/mol. The van der Waals surface area contributed by atoms with Gasteiger partial charge in [0.15, 0.2) is 0 Å². The molecule has 0 saturated carbocycles. The number of nitriles is 1. The molecule has 4 heteroatoms. The summed E-state index contributed by atoms with van der Waals surface area (Å²) in [6.45, 7) is 1.85. The summed E-state index contributed by atoms with van der Waals surface area (Å²) in [7, 11) is 1.90. The minimum Gasteiger partial charge on any atom is -0.317 e. The first-order valence-electron chi connectivity index (χ1n) is 5.97. The van der Waals surface area contributed by atoms with Crippen molar-refractivity contribution in [2.24, 2.45) is 5.41 Å². The highest BCUT2D eigenvalue weighted by Gasteiger charge is 2.33. The summed E-state index contributed by atoms with van der Waals surface area (Å²) in [4.78, 5) is 11.3. The Bertz CT molecular complexity index is 253. The van der Waals surface area contributed by atoms with Crippen molar-refractivity contribution in [1.82, 2.24) is 10.6 Å². The van der Waals surface area contributed by atoms with Crippen LogP contribution in [0.3, 0.4) is 0 Å². The highest BCUT2D eigenvalue weighted by atomic mass is 16.1. The molecule has 0 aromatic rings. The first-order valence-corrected chi connectivity index (χ1v) is 5.97. The maximum Gasteiger partial charge on any atom is 0.126 e. The van der Waals surface area contributed by atoms with Gasteiger partial charge in [0, 0.05) is 17.9 Å². The SMILES string of the molecule is CNC(CCC#N)CC1(C=O)CCNCC1. The van der Waals surface area contributed by atoms with E-state index in [0.717, 1.165) is 45.1 Å². The molecular formula is C12H21N3O. The smallest absolute Gasteiger partial charge is 0.126 e. The fraction of sp³-hybridized carbons (Fsp3) is 0.833. The van der Waals surface area contributed by atoms with Crippen molar-refractivity contribution < 1.29 is 4.79 Å². The number of nitrogens with one attached hydrogen (secondary N) is 2. The largest absolute Gasteiger partial charge is 0.317 e. The molecule has 1 aliphatic rings. The molecule has 0 aromatic heterocycles. The summed E-state index contributed by atoms with van der Waals surface area (Å²) >= 11 is 0. The third-order valence-electron chi connectivity index (χ3n) is 3.52. The van der Waals surface area contributed by atoms with Crippen LogP contribution in [0, 0.1) is 16.7 Å². The second kappa shape index (κ2) is 6.62. The fourth-order valence-electron chi connectivity index (χ4n) is 2.37. The Morgan fingerprint density at radius 1 is 1.56 bits per heavy atom. The van der Waals surface area contributed by atoms with Crippen LogP contribution < -0.4 is 10.6 Å². The molecule has 0 bridgehead atoms. The van der Waals surface area contributed by atoms with Gasteiger partial charge < -0.3 is 15.4 Å². The number of rotatable bonds is 6. The molecule has 16 heavy (non-hydrogen) atoms. The van der Waals surface area contributed by atoms with Gasteiger partial charge in [0.2, 0.25) is 0 Å². The average molecular weight is 223 g/mol. The van der Waals surface area contributed by atoms with Crippen LogP contribution in [0.5, 0.6) is 0 Å². The third-order valence-corrected chi connectivity index (χ3v) is 3.52. The molecule has 1 atom stereocenters. The summed E-state index contributed by atoms with van der Waals surface area (Å²) in [5.74, 6) is 0. The van der Waals surface area contributed by atoms with Crippen LogP contribution in [-0.4, -0.2) is 32.5 Å². The van der Waals surface area contributed by atoms with E-state index in [1.54, 1.807) is 0 Å². The Labute approximate surface area is 97.4 Å². The lowest BCUT2D eigenvalue weighted by atomic mass is 9.75. The number of carbonyl (C=O) groups excluding carboxylic acids is 1. The van der Waals surface area contributed by atoms with Gasteiger partial charge in [0.05, 0.1) is 6.07 Å². The molecular weight excluding hydrogens is 202 g/mol. The molecule has 0 spiro atoms. The van der Waals surface area contributed by atoms with Crippen molar-refractivity contribution in [3.8, 4) is 6.07 Å². The minimum absolute atomic E-state index is 0.172. The van der Waals surface area contributed by atoms with Crippen molar-refractivity contribution >= 4 is 6.29 Å². The predicted octanol–water partition coefficient (Wildman–Crippen LogP) is 0.837. The highest BCUT2D eigenvalue weighted by Crippen LogP contribution is 2.32. The van der Waals surface area contributed by atoms with Crippen molar-refractivity contribution in [2.45, 2.75) is 38.1 Å². The van der Waals surface area contributed by atoms with E-state index in [9.17, 15) is 4.79 Å². The van der Waals surface area contributed by atoms with Crippen LogP contribution in [0.1, 0.15) is 32.1 Å². The van der Waals surface area contributed by atoms with E-state index in [1.807, 2.05) is 7.05 Å². The van der Waals surface area contributed by atoms with Gasteiger partial charge in [0.25, 0.3) is 0 Å². The molecule has 2 N–H and O–H groups in total. The Morgan fingerprint density at radius 3 is 2.75 bits per heavy atom. The lowest BCUT2D eigenvalue weighted by Crippen LogP contribution is -2.42. The van der Waals surface area contributed by atoms with Crippen LogP contribution in [0.4, 0.5) is 0 Å². The number of nitrogens with zero attached hydrogens (tertiary/aromatic N) is 1. The second-order valence-electron chi connectivity index (χ2n) is 4.62. The molecule has 0 radical (unpaired) electrons. The topological polar surface area (TPSA) is 64.9 Å². The van der Waals surface area contributed by atoms with Crippen LogP contribution in [0.2, 0.25) is 0 Å². The van der Waals surface area contributed by atoms with Gasteiger partial charge in [-0.2, -0.15) is 5.26 Å². The summed E-state index contributed by atoms with van der Waals surface area (Å²) in [6, 6.07) is 2.44. The van der Waals surface area contributed by atoms with Gasteiger partial charge in [-0.25, -0.2) is 0 Å². The zero-order valence-electron chi connectivity index (χ0n) is 9.96. The van der Waals surface area contributed by atoms with Crippen LogP contribution in [0.25, 0.3) is 0 Å². The normalized spacial score (nSPS) is 21.0. The van der Waals surface area contributed by atoms with E-state index in [-0.39, 0.29) is 11.5 Å². The van der Waals surface area contributed by atoms with Crippen molar-refractivity contribution in [1.29, 1.82) is 5.26 Å². The highest BCUT2D eigenvalue weighted by molar-refractivity contribution is 5.59. The molecule has 0 aliphatic carbocycles. The van der Waals surface area contributed by atoms with Crippen LogP contribution in [-0.2, 0) is 4.79 Å². The Morgan fingerprint density at radius 2 is 2.25 bits per heavy atom. The Balaban J connectivity index is 2.52. The van der Waals surface area contributed by atoms with Gasteiger partial charge in [-0.05, 0) is 45.8 Å². The number of hydrogen-bond acceptors (Lipinski definition) is 4. The van der Waals surface area contributed by atoms with Gasteiger partial charge in [-0.3, -0.25) is 0 Å². The van der Waals surface area contributed by atoms with Crippen molar-refractivity contribution in [2.75, 3.05) is 20.1 Å². The predicted molar refractivity (Wildman–Crippen MR) is 62.9 cm³/mol. The summed E-state index contributed by atoms with van der Waals surface area (Å²) in [6.07, 6.45) is 5.21. The first kappa shape index (κ1) is 13.1. The average Bonchev–Trinajstić information content (AvgIpc) is 2.35. The van der Waals surface area contributed by atoms with E-state index in [0.29, 0.717) is 6.42 Å². The molecule has 1 rings (SSSR count). The van der Waals surface area contributed by atoms with Crippen molar-refractivity contribution in [3.63, 3.8) is 0 Å². The van der Waals surface area contributed by atoms with Crippen LogP contribution >= 0.6 is 0 Å². The third kappa shape index (κ3) is 3.58. The summed E-state index contributed by atoms with van der Waals surface area (Å²) in [5.41, 5.74) is -0.172. The van der Waals surface area contributed by atoms with E-state index in [2.05, 4.69) is 16.7 Å². The Kier molecular flexibility index (Phi) is 5.44. The quantitative estimate of drug-likeness (QED) is 0.655. The number of carbonyl (C=O) groups is 1. The van der Waals surface area contributed by atoms with Gasteiger partial charge >= 0.3 is 0 Å². The van der Waals surface area contributed by atoms with Gasteiger partial charge in [-0.1, -0.05) is 0 Å². The maximum absolute atomic E-state index is 11.3. The van der Waals surface area contributed by atoms with E-state index >= 15 is 0 Å². The zero-order chi connectivity index (χ0) is 11.9. The number of aldehydes is 1. The standard InChI is InChI=1S/C12H21N3O/c1-14-11(3-2-6-13)9-12(10-16)4-7-15-8-5-12/h10-11,14-15H,2-5,7-9H2,1H3. The second-order valence-corrected chi connectivity index (χ2v) is 4.62. The van der Waals surface area contributed by atoms with Gasteiger partial charge in [0.1, 0.15) is 6.29 Å². The summed E-state index contributed by atoms with van der Waals surface area (Å²) < 4.78 is 0. The molecule has 1 saturated heterocycles. The van der Waals surface area contributed by atoms with Gasteiger partial charge in [-0.15, -0.1) is 0 Å². The molecule has 90 valence electrons. The molecule has 0 amide bonds. The Hall–Kier alpha value is -0.920. The lowest BCUT2D eigenvalue weighted by Gasteiger charge is -2.35. The lowest BCUT2D eigenvalue weighted by molar-refractivity contribution is -0.118.